The standard InChI is InChI=1S/C25H24ClN3O2S2/c1-17-5-10-21(31-2)23-24(17)33-25(28-23)29(16-18-11-13-27-14-12-18)22(30)4-3-15-32-20-8-6-19(26)7-9-20/h5-14H,3-4,15-16H2,1-2H3. The van der Waals surface area contributed by atoms with Gasteiger partial charge in [-0.25, -0.2) is 4.98 Å². The molecule has 2 heterocycles. The van der Waals surface area contributed by atoms with Crippen molar-refractivity contribution in [2.75, 3.05) is 17.8 Å². The van der Waals surface area contributed by atoms with E-state index in [1.165, 1.54) is 11.3 Å². The Labute approximate surface area is 206 Å². The van der Waals surface area contributed by atoms with Gasteiger partial charge >= 0.3 is 0 Å². The van der Waals surface area contributed by atoms with Crippen molar-refractivity contribution in [1.29, 1.82) is 0 Å². The number of thiazole rings is 1. The number of carbonyl (C=O) groups excluding carboxylic acids is 1. The van der Waals surface area contributed by atoms with Gasteiger partial charge in [-0.3, -0.25) is 14.7 Å². The summed E-state index contributed by atoms with van der Waals surface area (Å²) >= 11 is 9.21. The van der Waals surface area contributed by atoms with Crippen LogP contribution in [0.4, 0.5) is 5.13 Å². The summed E-state index contributed by atoms with van der Waals surface area (Å²) in [5, 5.41) is 1.41. The average Bonchev–Trinajstić information content (AvgIpc) is 3.28. The molecule has 8 heteroatoms. The Morgan fingerprint density at radius 1 is 1.12 bits per heavy atom. The molecule has 4 rings (SSSR count). The highest BCUT2D eigenvalue weighted by Crippen LogP contribution is 2.37. The lowest BCUT2D eigenvalue weighted by Crippen LogP contribution is -2.30. The number of amides is 1. The maximum absolute atomic E-state index is 13.3. The maximum Gasteiger partial charge on any atom is 0.229 e. The topological polar surface area (TPSA) is 55.3 Å². The number of hydrogen-bond donors (Lipinski definition) is 0. The second-order valence-electron chi connectivity index (χ2n) is 7.50. The third kappa shape index (κ3) is 5.85. The molecule has 170 valence electrons. The Kier molecular flexibility index (Phi) is 7.85. The number of benzene rings is 2. The van der Waals surface area contributed by atoms with Crippen LogP contribution in [0.3, 0.4) is 0 Å². The fourth-order valence-corrected chi connectivity index (χ4v) is 5.44. The van der Waals surface area contributed by atoms with Crippen LogP contribution in [0.1, 0.15) is 24.0 Å². The molecule has 0 saturated heterocycles. The molecule has 0 radical (unpaired) electrons. The lowest BCUT2D eigenvalue weighted by Gasteiger charge is -2.20. The summed E-state index contributed by atoms with van der Waals surface area (Å²) in [4.78, 5) is 25.2. The minimum atomic E-state index is 0.0548. The molecule has 0 unspecified atom stereocenters. The number of hydrogen-bond acceptors (Lipinski definition) is 6. The first-order valence-corrected chi connectivity index (χ1v) is 12.7. The first-order valence-electron chi connectivity index (χ1n) is 10.6. The molecule has 5 nitrogen and oxygen atoms in total. The summed E-state index contributed by atoms with van der Waals surface area (Å²) in [6.45, 7) is 2.50. The monoisotopic (exact) mass is 497 g/mol. The number of nitrogens with zero attached hydrogens (tertiary/aromatic N) is 3. The van der Waals surface area contributed by atoms with Gasteiger partial charge in [0.15, 0.2) is 5.13 Å². The van der Waals surface area contributed by atoms with Crippen LogP contribution in [0.2, 0.25) is 5.02 Å². The van der Waals surface area contributed by atoms with E-state index in [-0.39, 0.29) is 5.91 Å². The fourth-order valence-electron chi connectivity index (χ4n) is 3.39. The Morgan fingerprint density at radius 2 is 1.88 bits per heavy atom. The van der Waals surface area contributed by atoms with Gasteiger partial charge in [0, 0.05) is 28.7 Å². The van der Waals surface area contributed by atoms with E-state index in [9.17, 15) is 4.79 Å². The summed E-state index contributed by atoms with van der Waals surface area (Å²) in [5.74, 6) is 1.62. The zero-order valence-corrected chi connectivity index (χ0v) is 20.8. The Balaban J connectivity index is 1.52. The number of thioether (sulfide) groups is 1. The lowest BCUT2D eigenvalue weighted by atomic mass is 10.2. The zero-order valence-electron chi connectivity index (χ0n) is 18.5. The van der Waals surface area contributed by atoms with Crippen LogP contribution >= 0.6 is 34.7 Å². The largest absolute Gasteiger partial charge is 0.494 e. The minimum Gasteiger partial charge on any atom is -0.494 e. The Bertz CT molecular complexity index is 1230. The van der Waals surface area contributed by atoms with Crippen molar-refractivity contribution in [2.24, 2.45) is 0 Å². The molecule has 0 atom stereocenters. The van der Waals surface area contributed by atoms with Gasteiger partial charge < -0.3 is 4.74 Å². The second-order valence-corrected chi connectivity index (χ2v) is 10.1. The summed E-state index contributed by atoms with van der Waals surface area (Å²) in [6, 6.07) is 15.6. The number of aromatic nitrogens is 2. The molecule has 2 aromatic carbocycles. The lowest BCUT2D eigenvalue weighted by molar-refractivity contribution is -0.118. The fraction of sp³-hybridized carbons (Fsp3) is 0.240. The van der Waals surface area contributed by atoms with Crippen molar-refractivity contribution < 1.29 is 9.53 Å². The van der Waals surface area contributed by atoms with Gasteiger partial charge in [-0.1, -0.05) is 29.0 Å². The molecule has 2 aromatic heterocycles. The average molecular weight is 498 g/mol. The third-order valence-corrected chi connectivity index (χ3v) is 7.72. The van der Waals surface area contributed by atoms with Crippen LogP contribution in [-0.4, -0.2) is 28.7 Å². The van der Waals surface area contributed by atoms with Gasteiger partial charge in [-0.15, -0.1) is 11.8 Å². The summed E-state index contributed by atoms with van der Waals surface area (Å²) < 4.78 is 6.54. The number of rotatable bonds is 9. The summed E-state index contributed by atoms with van der Waals surface area (Å²) in [5.41, 5.74) is 2.92. The Hall–Kier alpha value is -2.61. The highest BCUT2D eigenvalue weighted by Gasteiger charge is 2.22. The molecule has 0 aliphatic rings. The smallest absolute Gasteiger partial charge is 0.229 e. The van der Waals surface area contributed by atoms with Crippen molar-refractivity contribution >= 4 is 56.0 Å². The van der Waals surface area contributed by atoms with E-state index in [0.29, 0.717) is 23.8 Å². The van der Waals surface area contributed by atoms with Crippen LogP contribution in [0.5, 0.6) is 5.75 Å². The number of pyridine rings is 1. The molecule has 0 bridgehead atoms. The van der Waals surface area contributed by atoms with Crippen molar-refractivity contribution in [3.05, 3.63) is 77.1 Å². The van der Waals surface area contributed by atoms with Crippen LogP contribution in [0, 0.1) is 6.92 Å². The first-order chi connectivity index (χ1) is 16.0. The number of halogens is 1. The van der Waals surface area contributed by atoms with E-state index in [4.69, 9.17) is 21.3 Å². The quantitative estimate of drug-likeness (QED) is 0.189. The van der Waals surface area contributed by atoms with Crippen LogP contribution in [-0.2, 0) is 11.3 Å². The van der Waals surface area contributed by atoms with E-state index in [1.807, 2.05) is 55.5 Å². The van der Waals surface area contributed by atoms with Gasteiger partial charge in [0.1, 0.15) is 11.3 Å². The number of ether oxygens (including phenoxy) is 1. The maximum atomic E-state index is 13.3. The SMILES string of the molecule is COc1ccc(C)c2sc(N(Cc3ccncc3)C(=O)CCCSc3ccc(Cl)cc3)nc12. The van der Waals surface area contributed by atoms with E-state index >= 15 is 0 Å². The molecule has 0 N–H and O–H groups in total. The van der Waals surface area contributed by atoms with Gasteiger partial charge in [-0.05, 0) is 72.7 Å². The van der Waals surface area contributed by atoms with Crippen molar-refractivity contribution in [2.45, 2.75) is 31.2 Å². The van der Waals surface area contributed by atoms with Crippen molar-refractivity contribution in [3.63, 3.8) is 0 Å². The molecular weight excluding hydrogens is 474 g/mol. The van der Waals surface area contributed by atoms with Gasteiger partial charge in [-0.2, -0.15) is 0 Å². The molecular formula is C25H24ClN3O2S2. The minimum absolute atomic E-state index is 0.0548. The predicted molar refractivity (Wildman–Crippen MR) is 138 cm³/mol. The zero-order chi connectivity index (χ0) is 23.2. The van der Waals surface area contributed by atoms with Gasteiger partial charge in [0.25, 0.3) is 0 Å². The van der Waals surface area contributed by atoms with Crippen molar-refractivity contribution in [1.82, 2.24) is 9.97 Å². The number of methoxy groups -OCH3 is 1. The number of aryl methyl sites for hydroxylation is 1. The molecule has 0 spiro atoms. The third-order valence-electron chi connectivity index (χ3n) is 5.15. The molecule has 0 fully saturated rings. The summed E-state index contributed by atoms with van der Waals surface area (Å²) in [6.07, 6.45) is 4.70. The Morgan fingerprint density at radius 3 is 2.61 bits per heavy atom. The van der Waals surface area contributed by atoms with Gasteiger partial charge in [0.05, 0.1) is 18.4 Å². The molecule has 0 aliphatic carbocycles. The van der Waals surface area contributed by atoms with E-state index in [1.54, 1.807) is 36.2 Å². The molecule has 0 aliphatic heterocycles. The van der Waals surface area contributed by atoms with E-state index in [2.05, 4.69) is 4.98 Å². The number of carbonyl (C=O) groups is 1. The second kappa shape index (κ2) is 11.0. The number of anilines is 1. The highest BCUT2D eigenvalue weighted by molar-refractivity contribution is 7.99. The molecule has 4 aromatic rings. The van der Waals surface area contributed by atoms with E-state index in [0.717, 1.165) is 43.4 Å². The van der Waals surface area contributed by atoms with Crippen LogP contribution in [0.25, 0.3) is 10.2 Å². The van der Waals surface area contributed by atoms with Crippen LogP contribution < -0.4 is 9.64 Å². The molecule has 33 heavy (non-hydrogen) atoms. The molecule has 1 amide bonds. The summed E-state index contributed by atoms with van der Waals surface area (Å²) in [7, 11) is 1.64. The molecule has 0 saturated carbocycles. The van der Waals surface area contributed by atoms with Crippen molar-refractivity contribution in [3.8, 4) is 5.75 Å². The van der Waals surface area contributed by atoms with Gasteiger partial charge in [0.2, 0.25) is 5.91 Å². The predicted octanol–water partition coefficient (Wildman–Crippen LogP) is 6.77. The first kappa shape index (κ1) is 23.5. The van der Waals surface area contributed by atoms with E-state index < -0.39 is 0 Å². The highest BCUT2D eigenvalue weighted by atomic mass is 35.5. The normalized spacial score (nSPS) is 11.0. The number of fused-ring (bicyclic) bond motifs is 1. The van der Waals surface area contributed by atoms with Crippen LogP contribution in [0.15, 0.2) is 65.8 Å².